The summed E-state index contributed by atoms with van der Waals surface area (Å²) in [7, 11) is 1.69. The fraction of sp³-hybridized carbons (Fsp3) is 0.472. The summed E-state index contributed by atoms with van der Waals surface area (Å²) in [5, 5.41) is 0. The molecule has 7 nitrogen and oxygen atoms in total. The zero-order chi connectivity index (χ0) is 30.5. The van der Waals surface area contributed by atoms with Crippen LogP contribution >= 0.6 is 0 Å². The SMILES string of the molecule is C=C/C(=C\C=C(/Cc1ccc(N2CCC2)nc1CN1C(=O)O[C@H](c2cc(C)cc(C)c2)[C@@H]1C)OC)[C@H]1CC[C@H](C=O)CC1. The third kappa shape index (κ3) is 7.03. The molecule has 5 rings (SSSR count). The molecule has 3 heterocycles. The Morgan fingerprint density at radius 2 is 1.81 bits per heavy atom. The van der Waals surface area contributed by atoms with E-state index < -0.39 is 0 Å². The number of carbonyl (C=O) groups is 2. The number of rotatable bonds is 11. The van der Waals surface area contributed by atoms with Crippen molar-refractivity contribution in [2.45, 2.75) is 78.0 Å². The van der Waals surface area contributed by atoms with Gasteiger partial charge in [-0.3, -0.25) is 4.90 Å². The highest BCUT2D eigenvalue weighted by molar-refractivity contribution is 5.71. The summed E-state index contributed by atoms with van der Waals surface area (Å²) < 4.78 is 11.8. The van der Waals surface area contributed by atoms with E-state index in [9.17, 15) is 9.59 Å². The standard InChI is InChI=1S/C36H45N3O4/c1-6-28(29-10-8-27(23-40)9-11-29)12-14-32(42-5)21-30-13-15-34(38-16-7-17-38)37-33(30)22-39-26(4)35(43-36(39)41)31-19-24(2)18-25(3)20-31/h6,12-15,18-20,23,26-27,29,35H,1,7-11,16-17,21-22H2,2-5H3/b28-12+,32-14+/t26-,27-,29-,35-/m0/s1. The number of pyridine rings is 1. The maximum absolute atomic E-state index is 13.2. The lowest BCUT2D eigenvalue weighted by molar-refractivity contribution is -0.112. The Bertz CT molecular complexity index is 1380. The minimum Gasteiger partial charge on any atom is -0.501 e. The highest BCUT2D eigenvalue weighted by atomic mass is 16.6. The number of allylic oxidation sites excluding steroid dienone is 5. The Balaban J connectivity index is 1.38. The van der Waals surface area contributed by atoms with Crippen molar-refractivity contribution in [2.75, 3.05) is 25.1 Å². The number of ether oxygens (including phenoxy) is 2. The molecular formula is C36H45N3O4. The van der Waals surface area contributed by atoms with Crippen molar-refractivity contribution >= 4 is 18.2 Å². The second-order valence-corrected chi connectivity index (χ2v) is 12.3. The Labute approximate surface area is 256 Å². The zero-order valence-corrected chi connectivity index (χ0v) is 26.1. The highest BCUT2D eigenvalue weighted by Crippen LogP contribution is 2.36. The molecule has 0 unspecified atom stereocenters. The molecule has 1 aliphatic carbocycles. The molecule has 7 heteroatoms. The molecule has 3 aliphatic rings. The van der Waals surface area contributed by atoms with Crippen molar-refractivity contribution in [3.63, 3.8) is 0 Å². The number of carbonyl (C=O) groups excluding carboxylic acids is 2. The first-order valence-corrected chi connectivity index (χ1v) is 15.6. The fourth-order valence-corrected chi connectivity index (χ4v) is 6.57. The van der Waals surface area contributed by atoms with E-state index in [1.807, 2.05) is 12.2 Å². The molecule has 3 fully saturated rings. The van der Waals surface area contributed by atoms with Gasteiger partial charge < -0.3 is 19.2 Å². The summed E-state index contributed by atoms with van der Waals surface area (Å²) in [5.74, 6) is 2.35. The molecule has 0 spiro atoms. The number of nitrogens with zero attached hydrogens (tertiary/aromatic N) is 3. The van der Waals surface area contributed by atoms with Crippen molar-refractivity contribution in [1.29, 1.82) is 0 Å². The van der Waals surface area contributed by atoms with E-state index in [0.29, 0.717) is 18.9 Å². The Morgan fingerprint density at radius 1 is 1.09 bits per heavy atom. The maximum atomic E-state index is 13.2. The van der Waals surface area contributed by atoms with Crippen LogP contribution in [0.25, 0.3) is 0 Å². The highest BCUT2D eigenvalue weighted by Gasteiger charge is 2.40. The van der Waals surface area contributed by atoms with Gasteiger partial charge in [-0.15, -0.1) is 0 Å². The van der Waals surface area contributed by atoms with Gasteiger partial charge in [-0.1, -0.05) is 54.1 Å². The number of aromatic nitrogens is 1. The van der Waals surface area contributed by atoms with E-state index in [0.717, 1.165) is 91.0 Å². The summed E-state index contributed by atoms with van der Waals surface area (Å²) in [5.41, 5.74) is 6.40. The lowest BCUT2D eigenvalue weighted by Gasteiger charge is -2.33. The fourth-order valence-electron chi connectivity index (χ4n) is 6.57. The van der Waals surface area contributed by atoms with Crippen LogP contribution in [0, 0.1) is 25.7 Å². The summed E-state index contributed by atoms with van der Waals surface area (Å²) in [6.45, 7) is 12.6. The predicted molar refractivity (Wildman–Crippen MR) is 170 cm³/mol. The van der Waals surface area contributed by atoms with Gasteiger partial charge in [0.25, 0.3) is 0 Å². The van der Waals surface area contributed by atoms with Crippen LogP contribution in [0.2, 0.25) is 0 Å². The van der Waals surface area contributed by atoms with Crippen LogP contribution in [0.15, 0.2) is 66.5 Å². The molecule has 2 aliphatic heterocycles. The molecule has 1 aromatic heterocycles. The number of amides is 1. The van der Waals surface area contributed by atoms with Crippen molar-refractivity contribution in [3.8, 4) is 0 Å². The summed E-state index contributed by atoms with van der Waals surface area (Å²) in [6.07, 6.45) is 12.1. The molecule has 228 valence electrons. The number of benzene rings is 1. The van der Waals surface area contributed by atoms with E-state index >= 15 is 0 Å². The van der Waals surface area contributed by atoms with Gasteiger partial charge in [0, 0.05) is 25.4 Å². The predicted octanol–water partition coefficient (Wildman–Crippen LogP) is 7.18. The second-order valence-electron chi connectivity index (χ2n) is 12.3. The lowest BCUT2D eigenvalue weighted by atomic mass is 9.79. The molecule has 0 N–H and O–H groups in total. The normalized spacial score (nSPS) is 24.4. The number of aldehydes is 1. The Morgan fingerprint density at radius 3 is 2.42 bits per heavy atom. The van der Waals surface area contributed by atoms with Gasteiger partial charge in [-0.25, -0.2) is 9.78 Å². The van der Waals surface area contributed by atoms with Crippen molar-refractivity contribution in [1.82, 2.24) is 9.88 Å². The first-order chi connectivity index (χ1) is 20.8. The average Bonchev–Trinajstić information content (AvgIpc) is 3.25. The van der Waals surface area contributed by atoms with E-state index in [1.54, 1.807) is 12.0 Å². The van der Waals surface area contributed by atoms with Crippen LogP contribution in [0.5, 0.6) is 0 Å². The number of anilines is 1. The molecule has 1 saturated carbocycles. The van der Waals surface area contributed by atoms with Crippen molar-refractivity contribution in [2.24, 2.45) is 11.8 Å². The molecule has 2 atom stereocenters. The summed E-state index contributed by atoms with van der Waals surface area (Å²) in [6, 6.07) is 10.4. The smallest absolute Gasteiger partial charge is 0.411 e. The maximum Gasteiger partial charge on any atom is 0.411 e. The monoisotopic (exact) mass is 583 g/mol. The quantitative estimate of drug-likeness (QED) is 0.159. The first-order valence-electron chi connectivity index (χ1n) is 15.6. The average molecular weight is 584 g/mol. The zero-order valence-electron chi connectivity index (χ0n) is 26.1. The third-order valence-corrected chi connectivity index (χ3v) is 9.28. The first kappa shape index (κ1) is 30.6. The molecule has 0 radical (unpaired) electrons. The number of hydrogen-bond donors (Lipinski definition) is 0. The van der Waals surface area contributed by atoms with Crippen LogP contribution in [0.3, 0.4) is 0 Å². The van der Waals surface area contributed by atoms with Gasteiger partial charge in [-0.05, 0) is 87.6 Å². The van der Waals surface area contributed by atoms with E-state index in [2.05, 4.69) is 68.7 Å². The van der Waals surface area contributed by atoms with Gasteiger partial charge >= 0.3 is 6.09 Å². The minimum absolute atomic E-state index is 0.138. The molecule has 2 saturated heterocycles. The molecular weight excluding hydrogens is 538 g/mol. The van der Waals surface area contributed by atoms with Crippen LogP contribution < -0.4 is 4.90 Å². The summed E-state index contributed by atoms with van der Waals surface area (Å²) >= 11 is 0. The van der Waals surface area contributed by atoms with Crippen LogP contribution in [-0.2, 0) is 27.2 Å². The van der Waals surface area contributed by atoms with Crippen LogP contribution in [0.1, 0.15) is 73.1 Å². The lowest BCUT2D eigenvalue weighted by Crippen LogP contribution is -2.38. The van der Waals surface area contributed by atoms with Gasteiger partial charge in [0.1, 0.15) is 18.2 Å². The Hall–Kier alpha value is -3.87. The number of methoxy groups -OCH3 is 1. The largest absolute Gasteiger partial charge is 0.501 e. The van der Waals surface area contributed by atoms with Crippen LogP contribution in [0.4, 0.5) is 10.6 Å². The topological polar surface area (TPSA) is 72.0 Å². The summed E-state index contributed by atoms with van der Waals surface area (Å²) in [4.78, 5) is 33.5. The minimum atomic E-state index is -0.327. The third-order valence-electron chi connectivity index (χ3n) is 9.28. The van der Waals surface area contributed by atoms with Gasteiger partial charge in [0.05, 0.1) is 31.1 Å². The van der Waals surface area contributed by atoms with Gasteiger partial charge in [0.2, 0.25) is 0 Å². The van der Waals surface area contributed by atoms with E-state index in [1.165, 1.54) is 5.57 Å². The van der Waals surface area contributed by atoms with Crippen LogP contribution in [-0.4, -0.2) is 48.5 Å². The van der Waals surface area contributed by atoms with Gasteiger partial charge in [-0.2, -0.15) is 0 Å². The number of aryl methyl sites for hydroxylation is 2. The number of hydrogen-bond acceptors (Lipinski definition) is 6. The van der Waals surface area contributed by atoms with E-state index in [4.69, 9.17) is 14.5 Å². The van der Waals surface area contributed by atoms with E-state index in [-0.39, 0.29) is 24.2 Å². The molecule has 43 heavy (non-hydrogen) atoms. The van der Waals surface area contributed by atoms with Crippen molar-refractivity contribution < 1.29 is 19.1 Å². The molecule has 1 aromatic carbocycles. The molecule has 0 bridgehead atoms. The molecule has 2 aromatic rings. The van der Waals surface area contributed by atoms with Crippen molar-refractivity contribution in [3.05, 3.63) is 94.4 Å². The van der Waals surface area contributed by atoms with Gasteiger partial charge in [0.15, 0.2) is 0 Å². The molecule has 1 amide bonds. The second kappa shape index (κ2) is 13.6. The number of cyclic esters (lactones) is 1. The Kier molecular flexibility index (Phi) is 9.69.